The maximum atomic E-state index is 12.4. The van der Waals surface area contributed by atoms with E-state index in [1.807, 2.05) is 6.07 Å². The number of amides is 1. The lowest BCUT2D eigenvalue weighted by molar-refractivity contribution is -0.119. The second-order valence-corrected chi connectivity index (χ2v) is 5.93. The summed E-state index contributed by atoms with van der Waals surface area (Å²) in [7, 11) is 3.01. The molecule has 2 heterocycles. The lowest BCUT2D eigenvalue weighted by atomic mass is 10.2. The van der Waals surface area contributed by atoms with Gasteiger partial charge in [-0.1, -0.05) is 6.07 Å². The van der Waals surface area contributed by atoms with Crippen molar-refractivity contribution in [3.63, 3.8) is 0 Å². The SMILES string of the molecule is COc1ccc(NC(=O)COC(=O)c2cnn(-c3ccccn3)c2C)c(OC)c1. The van der Waals surface area contributed by atoms with Gasteiger partial charge in [0, 0.05) is 12.3 Å². The molecule has 0 aliphatic heterocycles. The molecule has 0 spiro atoms. The lowest BCUT2D eigenvalue weighted by Gasteiger charge is -2.11. The Kier molecular flexibility index (Phi) is 6.08. The summed E-state index contributed by atoms with van der Waals surface area (Å²) in [5, 5.41) is 6.80. The van der Waals surface area contributed by atoms with E-state index in [-0.39, 0.29) is 5.56 Å². The normalized spacial score (nSPS) is 10.3. The number of hydrogen-bond acceptors (Lipinski definition) is 7. The molecule has 0 radical (unpaired) electrons. The van der Waals surface area contributed by atoms with Crippen molar-refractivity contribution in [2.45, 2.75) is 6.92 Å². The number of esters is 1. The maximum Gasteiger partial charge on any atom is 0.342 e. The molecule has 3 aromatic rings. The van der Waals surface area contributed by atoms with Crippen molar-refractivity contribution in [2.24, 2.45) is 0 Å². The molecule has 0 saturated carbocycles. The number of nitrogens with zero attached hydrogens (tertiary/aromatic N) is 3. The number of aromatic nitrogens is 3. The average Bonchev–Trinajstić information content (AvgIpc) is 3.14. The van der Waals surface area contributed by atoms with Crippen LogP contribution in [-0.2, 0) is 9.53 Å². The van der Waals surface area contributed by atoms with Crippen molar-refractivity contribution in [3.8, 4) is 17.3 Å². The van der Waals surface area contributed by atoms with Crippen molar-refractivity contribution in [1.29, 1.82) is 0 Å². The first-order valence-corrected chi connectivity index (χ1v) is 8.68. The molecule has 0 atom stereocenters. The third-order valence-corrected chi connectivity index (χ3v) is 4.11. The fourth-order valence-corrected chi connectivity index (χ4v) is 2.62. The number of rotatable bonds is 7. The number of benzene rings is 1. The molecule has 0 fully saturated rings. The molecule has 3 rings (SSSR count). The van der Waals surface area contributed by atoms with E-state index < -0.39 is 18.5 Å². The van der Waals surface area contributed by atoms with Crippen LogP contribution in [0.1, 0.15) is 16.1 Å². The van der Waals surface area contributed by atoms with E-state index in [0.717, 1.165) is 0 Å². The Morgan fingerprint density at radius 3 is 2.66 bits per heavy atom. The van der Waals surface area contributed by atoms with Crippen LogP contribution >= 0.6 is 0 Å². The highest BCUT2D eigenvalue weighted by Gasteiger charge is 2.18. The highest BCUT2D eigenvalue weighted by molar-refractivity contribution is 5.96. The number of pyridine rings is 1. The molecular formula is C20H20N4O5. The molecular weight excluding hydrogens is 376 g/mol. The van der Waals surface area contributed by atoms with E-state index in [1.165, 1.54) is 25.1 Å². The highest BCUT2D eigenvalue weighted by atomic mass is 16.5. The third-order valence-electron chi connectivity index (χ3n) is 4.11. The van der Waals surface area contributed by atoms with E-state index in [9.17, 15) is 9.59 Å². The Hall–Kier alpha value is -3.88. The van der Waals surface area contributed by atoms with E-state index in [0.29, 0.717) is 28.7 Å². The Labute approximate surface area is 167 Å². The van der Waals surface area contributed by atoms with Crippen LogP contribution in [0.4, 0.5) is 5.69 Å². The second-order valence-electron chi connectivity index (χ2n) is 5.93. The van der Waals surface area contributed by atoms with Crippen LogP contribution in [0.3, 0.4) is 0 Å². The minimum atomic E-state index is -0.651. The van der Waals surface area contributed by atoms with Crippen molar-refractivity contribution >= 4 is 17.6 Å². The summed E-state index contributed by atoms with van der Waals surface area (Å²) in [5.41, 5.74) is 1.25. The second kappa shape index (κ2) is 8.87. The van der Waals surface area contributed by atoms with Crippen molar-refractivity contribution in [1.82, 2.24) is 14.8 Å². The summed E-state index contributed by atoms with van der Waals surface area (Å²) in [5.74, 6) is 0.440. The molecule has 9 heteroatoms. The van der Waals surface area contributed by atoms with Crippen LogP contribution in [0.2, 0.25) is 0 Å². The van der Waals surface area contributed by atoms with E-state index >= 15 is 0 Å². The van der Waals surface area contributed by atoms with Crippen LogP contribution in [-0.4, -0.2) is 47.5 Å². The Balaban J connectivity index is 1.63. The topological polar surface area (TPSA) is 105 Å². The van der Waals surface area contributed by atoms with Crippen LogP contribution in [0.15, 0.2) is 48.8 Å². The average molecular weight is 396 g/mol. The molecule has 150 valence electrons. The molecule has 0 saturated heterocycles. The molecule has 0 aliphatic rings. The summed E-state index contributed by atoms with van der Waals surface area (Å²) >= 11 is 0. The molecule has 29 heavy (non-hydrogen) atoms. The van der Waals surface area contributed by atoms with Crippen LogP contribution in [0.25, 0.3) is 5.82 Å². The number of nitrogens with one attached hydrogen (secondary N) is 1. The van der Waals surface area contributed by atoms with Crippen molar-refractivity contribution < 1.29 is 23.8 Å². The molecule has 1 aromatic carbocycles. The molecule has 0 unspecified atom stereocenters. The minimum Gasteiger partial charge on any atom is -0.497 e. The molecule has 1 amide bonds. The predicted molar refractivity (Wildman–Crippen MR) is 105 cm³/mol. The summed E-state index contributed by atoms with van der Waals surface area (Å²) in [6.45, 7) is 1.27. The van der Waals surface area contributed by atoms with Crippen LogP contribution in [0, 0.1) is 6.92 Å². The molecule has 2 aromatic heterocycles. The molecule has 0 aliphatic carbocycles. The number of methoxy groups -OCH3 is 2. The molecule has 1 N–H and O–H groups in total. The van der Waals surface area contributed by atoms with Gasteiger partial charge in [-0.05, 0) is 31.2 Å². The van der Waals surface area contributed by atoms with Gasteiger partial charge >= 0.3 is 5.97 Å². The number of carbonyl (C=O) groups excluding carboxylic acids is 2. The largest absolute Gasteiger partial charge is 0.497 e. The number of hydrogen-bond donors (Lipinski definition) is 1. The first-order chi connectivity index (χ1) is 14.0. The summed E-state index contributed by atoms with van der Waals surface area (Å²) in [6, 6.07) is 10.3. The fourth-order valence-electron chi connectivity index (χ4n) is 2.62. The van der Waals surface area contributed by atoms with Crippen molar-refractivity contribution in [3.05, 3.63) is 60.0 Å². The zero-order valence-corrected chi connectivity index (χ0v) is 16.2. The van der Waals surface area contributed by atoms with E-state index in [1.54, 1.807) is 43.5 Å². The van der Waals surface area contributed by atoms with Gasteiger partial charge in [0.25, 0.3) is 5.91 Å². The lowest BCUT2D eigenvalue weighted by Crippen LogP contribution is -2.21. The zero-order valence-electron chi connectivity index (χ0n) is 16.2. The van der Waals surface area contributed by atoms with Crippen molar-refractivity contribution in [2.75, 3.05) is 26.1 Å². The van der Waals surface area contributed by atoms with Gasteiger partial charge in [-0.15, -0.1) is 0 Å². The molecule has 0 bridgehead atoms. The number of ether oxygens (including phenoxy) is 3. The van der Waals surface area contributed by atoms with Gasteiger partial charge < -0.3 is 19.5 Å². The first-order valence-electron chi connectivity index (χ1n) is 8.68. The van der Waals surface area contributed by atoms with Gasteiger partial charge in [-0.25, -0.2) is 14.5 Å². The monoisotopic (exact) mass is 396 g/mol. The maximum absolute atomic E-state index is 12.4. The van der Waals surface area contributed by atoms with Gasteiger partial charge in [-0.3, -0.25) is 4.79 Å². The van der Waals surface area contributed by atoms with Gasteiger partial charge in [0.1, 0.15) is 17.1 Å². The Bertz CT molecular complexity index is 1020. The molecule has 9 nitrogen and oxygen atoms in total. The van der Waals surface area contributed by atoms with Gasteiger partial charge in [0.15, 0.2) is 12.4 Å². The van der Waals surface area contributed by atoms with Gasteiger partial charge in [0.2, 0.25) is 0 Å². The van der Waals surface area contributed by atoms with Crippen LogP contribution < -0.4 is 14.8 Å². The van der Waals surface area contributed by atoms with E-state index in [4.69, 9.17) is 14.2 Å². The smallest absolute Gasteiger partial charge is 0.342 e. The minimum absolute atomic E-state index is 0.255. The summed E-state index contributed by atoms with van der Waals surface area (Å²) in [6.07, 6.45) is 3.02. The number of carbonyl (C=O) groups is 2. The zero-order chi connectivity index (χ0) is 20.8. The van der Waals surface area contributed by atoms with Gasteiger partial charge in [-0.2, -0.15) is 5.10 Å². The summed E-state index contributed by atoms with van der Waals surface area (Å²) in [4.78, 5) is 28.7. The highest BCUT2D eigenvalue weighted by Crippen LogP contribution is 2.28. The van der Waals surface area contributed by atoms with Crippen LogP contribution in [0.5, 0.6) is 11.5 Å². The predicted octanol–water partition coefficient (Wildman–Crippen LogP) is 2.39. The Morgan fingerprint density at radius 1 is 1.14 bits per heavy atom. The fraction of sp³-hybridized carbons (Fsp3) is 0.200. The standard InChI is InChI=1S/C20H20N4O5/c1-13-15(11-22-24(13)18-6-4-5-9-21-18)20(26)29-12-19(25)23-16-8-7-14(27-2)10-17(16)28-3/h4-11H,12H2,1-3H3,(H,23,25). The third kappa shape index (κ3) is 4.52. The number of anilines is 1. The van der Waals surface area contributed by atoms with E-state index in [2.05, 4.69) is 15.4 Å². The first kappa shape index (κ1) is 19.9. The summed E-state index contributed by atoms with van der Waals surface area (Å²) < 4.78 is 17.0. The van der Waals surface area contributed by atoms with Gasteiger partial charge in [0.05, 0.1) is 31.8 Å². The quantitative estimate of drug-likeness (QED) is 0.612. The Morgan fingerprint density at radius 2 is 1.97 bits per heavy atom.